The zero-order valence-electron chi connectivity index (χ0n) is 20.5. The number of anilines is 1. The van der Waals surface area contributed by atoms with Crippen LogP contribution in [0.15, 0.2) is 72.3 Å². The van der Waals surface area contributed by atoms with Gasteiger partial charge in [0, 0.05) is 17.3 Å². The molecule has 1 atom stereocenters. The van der Waals surface area contributed by atoms with Crippen LogP contribution in [-0.4, -0.2) is 35.1 Å². The second-order valence-electron chi connectivity index (χ2n) is 8.31. The predicted molar refractivity (Wildman–Crippen MR) is 137 cm³/mol. The SMILES string of the molecule is CCOc1cccc(N2C(=O)C(=O)/C(=C(\O)c3ccc(CC)cc3)C2c2ccc(O)c(OCC)c2)c1. The van der Waals surface area contributed by atoms with Gasteiger partial charge in [0.1, 0.15) is 11.5 Å². The fourth-order valence-electron chi connectivity index (χ4n) is 4.33. The molecule has 3 aromatic rings. The van der Waals surface area contributed by atoms with Gasteiger partial charge in [-0.3, -0.25) is 14.5 Å². The van der Waals surface area contributed by atoms with Gasteiger partial charge in [-0.2, -0.15) is 0 Å². The first-order valence-electron chi connectivity index (χ1n) is 12.0. The third-order valence-corrected chi connectivity index (χ3v) is 6.09. The monoisotopic (exact) mass is 487 g/mol. The van der Waals surface area contributed by atoms with Gasteiger partial charge < -0.3 is 19.7 Å². The molecule has 1 aliphatic rings. The van der Waals surface area contributed by atoms with Crippen molar-refractivity contribution in [1.82, 2.24) is 0 Å². The highest BCUT2D eigenvalue weighted by Gasteiger charge is 2.47. The normalized spacial score (nSPS) is 16.9. The quantitative estimate of drug-likeness (QED) is 0.252. The van der Waals surface area contributed by atoms with Gasteiger partial charge >= 0.3 is 0 Å². The highest BCUT2D eigenvalue weighted by Crippen LogP contribution is 2.44. The number of amides is 1. The number of ether oxygens (including phenoxy) is 2. The van der Waals surface area contributed by atoms with Crippen molar-refractivity contribution in [2.75, 3.05) is 18.1 Å². The maximum atomic E-state index is 13.4. The molecule has 7 heteroatoms. The number of hydrogen-bond acceptors (Lipinski definition) is 6. The Hall–Kier alpha value is -4.26. The van der Waals surface area contributed by atoms with Gasteiger partial charge in [0.05, 0.1) is 24.8 Å². The molecule has 7 nitrogen and oxygen atoms in total. The summed E-state index contributed by atoms with van der Waals surface area (Å²) in [7, 11) is 0. The van der Waals surface area contributed by atoms with Crippen molar-refractivity contribution in [2.45, 2.75) is 33.2 Å². The Balaban J connectivity index is 1.93. The summed E-state index contributed by atoms with van der Waals surface area (Å²) in [6.45, 7) is 6.43. The molecule has 186 valence electrons. The summed E-state index contributed by atoms with van der Waals surface area (Å²) in [6, 6.07) is 17.8. The van der Waals surface area contributed by atoms with Gasteiger partial charge in [0.2, 0.25) is 0 Å². The number of nitrogens with zero attached hydrogens (tertiary/aromatic N) is 1. The molecule has 1 aliphatic heterocycles. The van der Waals surface area contributed by atoms with E-state index < -0.39 is 17.7 Å². The van der Waals surface area contributed by atoms with E-state index in [1.807, 2.05) is 26.0 Å². The number of Topliss-reactive ketones (excluding diaryl/α,β-unsaturated/α-hetero) is 1. The number of aromatic hydroxyl groups is 1. The number of benzene rings is 3. The Bertz CT molecular complexity index is 1310. The highest BCUT2D eigenvalue weighted by atomic mass is 16.5. The highest BCUT2D eigenvalue weighted by molar-refractivity contribution is 6.51. The lowest BCUT2D eigenvalue weighted by atomic mass is 9.94. The molecule has 1 unspecified atom stereocenters. The van der Waals surface area contributed by atoms with E-state index in [9.17, 15) is 19.8 Å². The molecule has 0 radical (unpaired) electrons. The maximum Gasteiger partial charge on any atom is 0.300 e. The molecule has 2 N–H and O–H groups in total. The topological polar surface area (TPSA) is 96.3 Å². The van der Waals surface area contributed by atoms with E-state index in [4.69, 9.17) is 9.47 Å². The Labute approximate surface area is 210 Å². The summed E-state index contributed by atoms with van der Waals surface area (Å²) in [5, 5.41) is 21.6. The van der Waals surface area contributed by atoms with Gasteiger partial charge in [-0.05, 0) is 55.7 Å². The van der Waals surface area contributed by atoms with Crippen LogP contribution in [0.5, 0.6) is 17.2 Å². The Morgan fingerprint density at radius 1 is 0.917 bits per heavy atom. The van der Waals surface area contributed by atoms with Gasteiger partial charge in [-0.25, -0.2) is 0 Å². The lowest BCUT2D eigenvalue weighted by Gasteiger charge is -2.26. The number of rotatable bonds is 8. The Morgan fingerprint density at radius 2 is 1.64 bits per heavy atom. The molecule has 1 saturated heterocycles. The van der Waals surface area contributed by atoms with Crippen molar-refractivity contribution >= 4 is 23.1 Å². The lowest BCUT2D eigenvalue weighted by molar-refractivity contribution is -0.132. The van der Waals surface area contributed by atoms with Crippen LogP contribution in [0.1, 0.15) is 43.5 Å². The van der Waals surface area contributed by atoms with Crippen LogP contribution in [0.25, 0.3) is 5.76 Å². The van der Waals surface area contributed by atoms with Gasteiger partial charge in [-0.1, -0.05) is 43.3 Å². The van der Waals surface area contributed by atoms with Crippen LogP contribution in [0.3, 0.4) is 0 Å². The van der Waals surface area contributed by atoms with Gasteiger partial charge in [0.15, 0.2) is 11.5 Å². The molecule has 0 aromatic heterocycles. The second kappa shape index (κ2) is 10.6. The van der Waals surface area contributed by atoms with Crippen molar-refractivity contribution in [2.24, 2.45) is 0 Å². The number of hydrogen-bond donors (Lipinski definition) is 2. The molecule has 1 fully saturated rings. The van der Waals surface area contributed by atoms with E-state index in [0.717, 1.165) is 12.0 Å². The molecule has 0 saturated carbocycles. The summed E-state index contributed by atoms with van der Waals surface area (Å²) in [4.78, 5) is 28.1. The van der Waals surface area contributed by atoms with Crippen LogP contribution < -0.4 is 14.4 Å². The third kappa shape index (κ3) is 4.64. The first-order chi connectivity index (χ1) is 17.4. The molecular weight excluding hydrogens is 458 g/mol. The van der Waals surface area contributed by atoms with Crippen molar-refractivity contribution < 1.29 is 29.3 Å². The van der Waals surface area contributed by atoms with Crippen molar-refractivity contribution in [3.8, 4) is 17.2 Å². The van der Waals surface area contributed by atoms with E-state index in [2.05, 4.69) is 0 Å². The van der Waals surface area contributed by atoms with Crippen LogP contribution in [0, 0.1) is 0 Å². The summed E-state index contributed by atoms with van der Waals surface area (Å²) < 4.78 is 11.2. The van der Waals surface area contributed by atoms with Gasteiger partial charge in [-0.15, -0.1) is 0 Å². The molecule has 36 heavy (non-hydrogen) atoms. The number of carbonyl (C=O) groups is 2. The second-order valence-corrected chi connectivity index (χ2v) is 8.31. The van der Waals surface area contributed by atoms with Crippen molar-refractivity contribution in [3.63, 3.8) is 0 Å². The third-order valence-electron chi connectivity index (χ3n) is 6.09. The molecule has 0 bridgehead atoms. The van der Waals surface area contributed by atoms with E-state index in [1.165, 1.54) is 11.0 Å². The summed E-state index contributed by atoms with van der Waals surface area (Å²) in [5.41, 5.74) is 2.42. The summed E-state index contributed by atoms with van der Waals surface area (Å²) in [5.74, 6) is -1.14. The minimum atomic E-state index is -0.951. The van der Waals surface area contributed by atoms with Crippen LogP contribution in [0.4, 0.5) is 5.69 Å². The molecule has 1 amide bonds. The van der Waals surface area contributed by atoms with Crippen molar-refractivity contribution in [1.29, 1.82) is 0 Å². The maximum absolute atomic E-state index is 13.4. The number of carbonyl (C=O) groups excluding carboxylic acids is 2. The largest absolute Gasteiger partial charge is 0.507 e. The minimum Gasteiger partial charge on any atom is -0.507 e. The average molecular weight is 488 g/mol. The van der Waals surface area contributed by atoms with E-state index in [0.29, 0.717) is 35.8 Å². The standard InChI is InChI=1S/C29H29NO6/c1-4-18-10-12-19(13-11-18)27(32)25-26(20-14-15-23(31)24(16-20)36-6-3)30(29(34)28(25)33)21-8-7-9-22(17-21)35-5-2/h7-17,26,31-32H,4-6H2,1-3H3/b27-25-. The van der Waals surface area contributed by atoms with Crippen LogP contribution >= 0.6 is 0 Å². The van der Waals surface area contributed by atoms with Crippen LogP contribution in [-0.2, 0) is 16.0 Å². The number of aliphatic hydroxyl groups excluding tert-OH is 1. The number of phenols is 1. The zero-order valence-corrected chi connectivity index (χ0v) is 20.5. The molecule has 0 spiro atoms. The van der Waals surface area contributed by atoms with E-state index in [1.54, 1.807) is 55.5 Å². The number of aliphatic hydroxyl groups is 1. The fourth-order valence-corrected chi connectivity index (χ4v) is 4.33. The number of phenolic OH excluding ortho intramolecular Hbond substituents is 1. The summed E-state index contributed by atoms with van der Waals surface area (Å²) in [6.07, 6.45) is 0.829. The van der Waals surface area contributed by atoms with Crippen molar-refractivity contribution in [3.05, 3.63) is 89.0 Å². The van der Waals surface area contributed by atoms with Gasteiger partial charge in [0.25, 0.3) is 11.7 Å². The Morgan fingerprint density at radius 3 is 2.31 bits per heavy atom. The molecular formula is C29H29NO6. The smallest absolute Gasteiger partial charge is 0.300 e. The molecule has 0 aliphatic carbocycles. The first kappa shape index (κ1) is 24.9. The van der Waals surface area contributed by atoms with E-state index in [-0.39, 0.29) is 22.8 Å². The number of ketones is 1. The Kier molecular flexibility index (Phi) is 7.29. The zero-order chi connectivity index (χ0) is 25.8. The van der Waals surface area contributed by atoms with E-state index >= 15 is 0 Å². The molecule has 4 rings (SSSR count). The molecule has 3 aromatic carbocycles. The lowest BCUT2D eigenvalue weighted by Crippen LogP contribution is -2.29. The fraction of sp³-hybridized carbons (Fsp3) is 0.241. The first-order valence-corrected chi connectivity index (χ1v) is 12.0. The summed E-state index contributed by atoms with van der Waals surface area (Å²) >= 11 is 0. The predicted octanol–water partition coefficient (Wildman–Crippen LogP) is 5.38. The average Bonchev–Trinajstić information content (AvgIpc) is 3.15. The number of aryl methyl sites for hydroxylation is 1. The van der Waals surface area contributed by atoms with Crippen LogP contribution in [0.2, 0.25) is 0 Å². The molecule has 1 heterocycles. The minimum absolute atomic E-state index is 0.0424.